The summed E-state index contributed by atoms with van der Waals surface area (Å²) >= 11 is 0. The highest BCUT2D eigenvalue weighted by Crippen LogP contribution is 2.18. The summed E-state index contributed by atoms with van der Waals surface area (Å²) < 4.78 is 0. The number of aromatic nitrogens is 3. The second kappa shape index (κ2) is 28.8. The first-order chi connectivity index (χ1) is 18.3. The first-order valence-electron chi connectivity index (χ1n) is 12.1. The topological polar surface area (TPSA) is 201 Å². The van der Waals surface area contributed by atoms with Crippen LogP contribution >= 0.6 is 0 Å². The predicted octanol–water partition coefficient (Wildman–Crippen LogP) is 5.69. The number of rotatable bonds is 4. The number of anilines is 3. The third-order valence-corrected chi connectivity index (χ3v) is 3.47. The van der Waals surface area contributed by atoms with Gasteiger partial charge in [-0.05, 0) is 38.2 Å². The lowest BCUT2D eigenvalue weighted by Crippen LogP contribution is -1.97. The molecule has 0 aliphatic rings. The van der Waals surface area contributed by atoms with Gasteiger partial charge in [-0.15, -0.1) is 0 Å². The van der Waals surface area contributed by atoms with Gasteiger partial charge < -0.3 is 22.1 Å². The van der Waals surface area contributed by atoms with Crippen molar-refractivity contribution in [1.29, 1.82) is 0 Å². The van der Waals surface area contributed by atoms with Crippen LogP contribution in [0.4, 0.5) is 28.7 Å². The van der Waals surface area contributed by atoms with Gasteiger partial charge in [0.2, 0.25) is 5.82 Å². The summed E-state index contributed by atoms with van der Waals surface area (Å²) in [5.41, 5.74) is 11.2. The fourth-order valence-corrected chi connectivity index (χ4v) is 2.03. The zero-order chi connectivity index (χ0) is 30.5. The van der Waals surface area contributed by atoms with Crippen LogP contribution in [0.1, 0.15) is 47.2 Å². The fraction of sp³-hybridized carbons (Fsp3) is 0.400. The Morgan fingerprint density at radius 2 is 1.05 bits per heavy atom. The Hall–Kier alpha value is -4.39. The molecule has 0 atom stereocenters. The predicted molar refractivity (Wildman–Crippen MR) is 158 cm³/mol. The molecule has 0 fully saturated rings. The molecule has 3 aromatic heterocycles. The highest BCUT2D eigenvalue weighted by molar-refractivity contribution is 5.59. The monoisotopic (exact) mass is 535 g/mol. The lowest BCUT2D eigenvalue weighted by Gasteiger charge is -1.99. The minimum atomic E-state index is -0.473. The van der Waals surface area contributed by atoms with E-state index in [4.69, 9.17) is 5.73 Å². The summed E-state index contributed by atoms with van der Waals surface area (Å²) in [7, 11) is 4.88. The third-order valence-electron chi connectivity index (χ3n) is 3.47. The summed E-state index contributed by atoms with van der Waals surface area (Å²) in [4.78, 5) is 31.1. The van der Waals surface area contributed by atoms with Crippen molar-refractivity contribution >= 4 is 28.7 Å². The van der Waals surface area contributed by atoms with Crippen molar-refractivity contribution in [1.82, 2.24) is 15.0 Å². The normalized spacial score (nSPS) is 7.87. The van der Waals surface area contributed by atoms with E-state index in [1.54, 1.807) is 45.4 Å². The molecule has 0 radical (unpaired) electrons. The first-order valence-corrected chi connectivity index (χ1v) is 12.1. The highest BCUT2D eigenvalue weighted by atomic mass is 16.6. The van der Waals surface area contributed by atoms with Gasteiger partial charge in [-0.1, -0.05) is 41.5 Å². The number of hydrogen-bond acceptors (Lipinski definition) is 11. The zero-order valence-electron chi connectivity index (χ0n) is 24.2. The van der Waals surface area contributed by atoms with Gasteiger partial charge in [-0.25, -0.2) is 9.97 Å². The largest absolute Gasteiger partial charge is 0.396 e. The van der Waals surface area contributed by atoms with Gasteiger partial charge in [0.25, 0.3) is 5.69 Å². The maximum Gasteiger partial charge on any atom is 0.311 e. The van der Waals surface area contributed by atoms with E-state index < -0.39 is 9.85 Å². The van der Waals surface area contributed by atoms with E-state index in [1.807, 2.05) is 41.5 Å². The molecular formula is C25H45N9O4. The second-order valence-electron chi connectivity index (χ2n) is 5.43. The Kier molecular flexibility index (Phi) is 30.9. The van der Waals surface area contributed by atoms with Gasteiger partial charge in [0.05, 0.1) is 15.5 Å². The Balaban J connectivity index is -0.000000202. The third kappa shape index (κ3) is 18.0. The lowest BCUT2D eigenvalue weighted by atomic mass is 10.3. The Bertz CT molecular complexity index is 990. The average molecular weight is 536 g/mol. The van der Waals surface area contributed by atoms with Crippen molar-refractivity contribution < 1.29 is 9.85 Å². The fourth-order valence-electron chi connectivity index (χ4n) is 2.03. The molecule has 0 aliphatic carbocycles. The summed E-state index contributed by atoms with van der Waals surface area (Å²) in [6.07, 6.45) is 4.73. The van der Waals surface area contributed by atoms with E-state index in [-0.39, 0.29) is 17.2 Å². The molecule has 0 aliphatic heterocycles. The molecule has 3 heterocycles. The van der Waals surface area contributed by atoms with Crippen molar-refractivity contribution in [2.24, 2.45) is 5.73 Å². The molecule has 0 saturated carbocycles. The SMILES string of the molecule is CC.CC.CC.CN.CNc1ncccc1N.CNc1ncccc1[N+](=O)[O-].Cc1ncccc1[N+](=O)[O-]. The van der Waals surface area contributed by atoms with Crippen LogP contribution in [0, 0.1) is 27.2 Å². The maximum atomic E-state index is 10.3. The molecule has 0 amide bonds. The second-order valence-corrected chi connectivity index (χ2v) is 5.43. The van der Waals surface area contributed by atoms with Crippen LogP contribution < -0.4 is 22.1 Å². The molecule has 6 N–H and O–H groups in total. The molecule has 3 aromatic rings. The van der Waals surface area contributed by atoms with Gasteiger partial charge in [0.15, 0.2) is 0 Å². The van der Waals surface area contributed by atoms with Crippen LogP contribution in [-0.2, 0) is 0 Å². The minimum Gasteiger partial charge on any atom is -0.396 e. The Labute approximate surface area is 226 Å². The Morgan fingerprint density at radius 3 is 1.34 bits per heavy atom. The molecule has 0 aromatic carbocycles. The zero-order valence-corrected chi connectivity index (χ0v) is 24.2. The number of nitrogen functional groups attached to an aromatic ring is 1. The number of hydrogen-bond donors (Lipinski definition) is 4. The summed E-state index contributed by atoms with van der Waals surface area (Å²) in [6, 6.07) is 9.51. The number of nitro groups is 2. The molecule has 0 bridgehead atoms. The van der Waals surface area contributed by atoms with Crippen LogP contribution in [0.15, 0.2) is 55.0 Å². The van der Waals surface area contributed by atoms with Crippen molar-refractivity contribution in [3.63, 3.8) is 0 Å². The smallest absolute Gasteiger partial charge is 0.311 e. The van der Waals surface area contributed by atoms with Gasteiger partial charge in [-0.2, -0.15) is 0 Å². The Morgan fingerprint density at radius 1 is 0.684 bits per heavy atom. The van der Waals surface area contributed by atoms with Crippen LogP contribution in [0.3, 0.4) is 0 Å². The standard InChI is InChI=1S/C6H7N3O2.C6H9N3.C6H6N2O2.3C2H6.CH5N/c1-7-6-5(9(10)11)3-2-4-8-6;1-8-6-5(7)3-2-4-9-6;1-5-6(8(9)10)3-2-4-7-5;4*1-2/h2-4H,1H3,(H,7,8);2-4H,7H2,1H3,(H,8,9);2-4H,1H3;3*1-2H3;2H2,1H3. The van der Waals surface area contributed by atoms with E-state index in [2.05, 4.69) is 31.3 Å². The number of nitrogens with one attached hydrogen (secondary N) is 2. The first kappa shape index (κ1) is 40.8. The lowest BCUT2D eigenvalue weighted by molar-refractivity contribution is -0.385. The minimum absolute atomic E-state index is 0.00463. The molecular weight excluding hydrogens is 490 g/mol. The maximum absolute atomic E-state index is 10.3. The van der Waals surface area contributed by atoms with E-state index >= 15 is 0 Å². The van der Waals surface area contributed by atoms with E-state index in [1.165, 1.54) is 37.6 Å². The van der Waals surface area contributed by atoms with Crippen molar-refractivity contribution in [2.75, 3.05) is 37.5 Å². The van der Waals surface area contributed by atoms with Crippen molar-refractivity contribution in [2.45, 2.75) is 48.5 Å². The van der Waals surface area contributed by atoms with E-state index in [0.29, 0.717) is 11.4 Å². The van der Waals surface area contributed by atoms with Gasteiger partial charge in [-0.3, -0.25) is 25.2 Å². The molecule has 38 heavy (non-hydrogen) atoms. The van der Waals surface area contributed by atoms with Gasteiger partial charge in [0, 0.05) is 44.8 Å². The molecule has 3 rings (SSSR count). The molecule has 0 saturated heterocycles. The summed E-state index contributed by atoms with van der Waals surface area (Å²) in [5.74, 6) is 1.02. The van der Waals surface area contributed by atoms with Crippen molar-refractivity contribution in [3.8, 4) is 0 Å². The number of nitrogens with two attached hydrogens (primary N) is 2. The highest BCUT2D eigenvalue weighted by Gasteiger charge is 2.11. The summed E-state index contributed by atoms with van der Waals surface area (Å²) in [5, 5.41) is 26.0. The number of pyridine rings is 3. The van der Waals surface area contributed by atoms with E-state index in [9.17, 15) is 20.2 Å². The molecule has 214 valence electrons. The molecule has 0 unspecified atom stereocenters. The van der Waals surface area contributed by atoms with Crippen LogP contribution in [0.25, 0.3) is 0 Å². The molecule has 0 spiro atoms. The van der Waals surface area contributed by atoms with Crippen molar-refractivity contribution in [3.05, 3.63) is 80.9 Å². The molecule has 13 nitrogen and oxygen atoms in total. The average Bonchev–Trinajstić information content (AvgIpc) is 2.98. The summed E-state index contributed by atoms with van der Waals surface area (Å²) in [6.45, 7) is 13.6. The molecule has 13 heteroatoms. The quantitative estimate of drug-likeness (QED) is 0.236. The van der Waals surface area contributed by atoms with Gasteiger partial charge in [0.1, 0.15) is 11.5 Å². The van der Waals surface area contributed by atoms with E-state index in [0.717, 1.165) is 5.82 Å². The number of aryl methyl sites for hydroxylation is 1. The number of nitrogens with zero attached hydrogens (tertiary/aromatic N) is 5. The van der Waals surface area contributed by atoms with Gasteiger partial charge >= 0.3 is 5.69 Å². The van der Waals surface area contributed by atoms with Crippen LogP contribution in [0.2, 0.25) is 0 Å². The van der Waals surface area contributed by atoms with Crippen LogP contribution in [-0.4, -0.2) is 45.9 Å². The van der Waals surface area contributed by atoms with Crippen LogP contribution in [0.5, 0.6) is 0 Å².